The molecule has 2 amide bonds. The number of alkyl halides is 3. The van der Waals surface area contributed by atoms with Crippen molar-refractivity contribution < 1.29 is 22.8 Å². The molecule has 4 aromatic rings. The van der Waals surface area contributed by atoms with Gasteiger partial charge in [-0.1, -0.05) is 17.5 Å². The minimum absolute atomic E-state index is 0.0211. The number of aromatic amines is 1. The molecule has 1 aromatic carbocycles. The minimum atomic E-state index is -4.78. The third-order valence-electron chi connectivity index (χ3n) is 4.96. The average molecular weight is 532 g/mol. The van der Waals surface area contributed by atoms with E-state index in [1.807, 2.05) is 13.8 Å². The van der Waals surface area contributed by atoms with Crippen molar-refractivity contribution in [3.05, 3.63) is 64.2 Å². The number of carbonyl (C=O) groups is 2. The fourth-order valence-electron chi connectivity index (χ4n) is 3.22. The van der Waals surface area contributed by atoms with Crippen molar-refractivity contribution in [1.29, 1.82) is 0 Å². The highest BCUT2D eigenvalue weighted by molar-refractivity contribution is 6.32. The lowest BCUT2D eigenvalue weighted by atomic mass is 10.0. The molecule has 0 aliphatic rings. The number of fused-ring (bicyclic) bond motifs is 1. The Bertz CT molecular complexity index is 1490. The summed E-state index contributed by atoms with van der Waals surface area (Å²) in [5, 5.41) is 16.1. The zero-order valence-electron chi connectivity index (χ0n) is 19.8. The van der Waals surface area contributed by atoms with Gasteiger partial charge in [-0.2, -0.15) is 23.4 Å². The third-order valence-corrected chi connectivity index (χ3v) is 5.25. The van der Waals surface area contributed by atoms with Crippen LogP contribution in [-0.2, 0) is 11.0 Å². The smallest absolute Gasteiger partial charge is 0.357 e. The Morgan fingerprint density at radius 3 is 2.62 bits per heavy atom. The number of hydrogen-bond acceptors (Lipinski definition) is 5. The van der Waals surface area contributed by atoms with Gasteiger partial charge in [0.2, 0.25) is 6.41 Å². The predicted molar refractivity (Wildman–Crippen MR) is 132 cm³/mol. The summed E-state index contributed by atoms with van der Waals surface area (Å²) in [6.45, 7) is 5.52. The van der Waals surface area contributed by atoms with E-state index in [9.17, 15) is 22.8 Å². The first-order valence-electron chi connectivity index (χ1n) is 10.7. The van der Waals surface area contributed by atoms with Gasteiger partial charge in [-0.3, -0.25) is 14.7 Å². The SMILES string of the molecule is C#Cc1cc2cn[nH]c2c(C)c1NC(=O)c1cc(C(F)(F)F)nn1-c1ncccc1Cl.CC(C)NC=O. The number of aromatic nitrogens is 5. The molecule has 9 nitrogen and oxygen atoms in total. The second kappa shape index (κ2) is 11.1. The van der Waals surface area contributed by atoms with Crippen LogP contribution in [0, 0.1) is 19.3 Å². The van der Waals surface area contributed by atoms with Gasteiger partial charge in [0.15, 0.2) is 11.5 Å². The number of hydrogen-bond donors (Lipinski definition) is 3. The molecule has 0 radical (unpaired) electrons. The van der Waals surface area contributed by atoms with Crippen molar-refractivity contribution in [2.75, 3.05) is 5.32 Å². The Balaban J connectivity index is 0.000000568. The second-order valence-electron chi connectivity index (χ2n) is 7.93. The summed E-state index contributed by atoms with van der Waals surface area (Å²) in [6, 6.07) is 5.47. The van der Waals surface area contributed by atoms with Crippen molar-refractivity contribution in [2.24, 2.45) is 0 Å². The number of H-pyrrole nitrogens is 1. The van der Waals surface area contributed by atoms with Gasteiger partial charge in [0, 0.05) is 29.3 Å². The van der Waals surface area contributed by atoms with E-state index >= 15 is 0 Å². The van der Waals surface area contributed by atoms with Gasteiger partial charge >= 0.3 is 6.18 Å². The number of amides is 2. The lowest BCUT2D eigenvalue weighted by molar-refractivity contribution is -0.141. The number of nitrogens with zero attached hydrogens (tertiary/aromatic N) is 4. The molecular weight excluding hydrogens is 511 g/mol. The molecule has 3 heterocycles. The van der Waals surface area contributed by atoms with Crippen molar-refractivity contribution >= 4 is 40.5 Å². The van der Waals surface area contributed by atoms with Crippen LogP contribution < -0.4 is 10.6 Å². The molecule has 0 atom stereocenters. The zero-order chi connectivity index (χ0) is 27.3. The van der Waals surface area contributed by atoms with E-state index in [2.05, 4.69) is 36.8 Å². The summed E-state index contributed by atoms with van der Waals surface area (Å²) in [7, 11) is 0. The molecule has 0 spiro atoms. The zero-order valence-corrected chi connectivity index (χ0v) is 20.6. The van der Waals surface area contributed by atoms with Gasteiger partial charge in [0.1, 0.15) is 5.69 Å². The normalized spacial score (nSPS) is 11.0. The fraction of sp³-hybridized carbons (Fsp3) is 0.208. The molecule has 0 saturated heterocycles. The Hall–Kier alpha value is -4.37. The van der Waals surface area contributed by atoms with Gasteiger partial charge in [0.25, 0.3) is 5.91 Å². The van der Waals surface area contributed by atoms with Crippen LogP contribution in [0.3, 0.4) is 0 Å². The average Bonchev–Trinajstić information content (AvgIpc) is 3.49. The lowest BCUT2D eigenvalue weighted by Gasteiger charge is -2.13. The molecule has 0 aliphatic carbocycles. The van der Waals surface area contributed by atoms with Crippen LogP contribution in [-0.4, -0.2) is 43.3 Å². The number of carbonyl (C=O) groups excluding carboxylic acids is 2. The van der Waals surface area contributed by atoms with Crippen LogP contribution >= 0.6 is 11.6 Å². The van der Waals surface area contributed by atoms with Crippen LogP contribution in [0.2, 0.25) is 5.02 Å². The lowest BCUT2D eigenvalue weighted by Crippen LogP contribution is -2.19. The highest BCUT2D eigenvalue weighted by Crippen LogP contribution is 2.32. The topological polar surface area (TPSA) is 118 Å². The van der Waals surface area contributed by atoms with Crippen LogP contribution in [0.25, 0.3) is 16.7 Å². The number of terminal acetylenes is 1. The fourth-order valence-corrected chi connectivity index (χ4v) is 3.43. The number of anilines is 1. The summed E-state index contributed by atoms with van der Waals surface area (Å²) >= 11 is 6.07. The van der Waals surface area contributed by atoms with E-state index in [4.69, 9.17) is 18.0 Å². The van der Waals surface area contributed by atoms with Crippen LogP contribution in [0.4, 0.5) is 18.9 Å². The number of benzene rings is 1. The van der Waals surface area contributed by atoms with Gasteiger partial charge in [-0.05, 0) is 44.5 Å². The molecule has 0 bridgehead atoms. The van der Waals surface area contributed by atoms with Crippen molar-refractivity contribution in [2.45, 2.75) is 33.0 Å². The molecule has 0 saturated carbocycles. The number of nitrogens with one attached hydrogen (secondary N) is 3. The van der Waals surface area contributed by atoms with Crippen LogP contribution in [0.15, 0.2) is 36.7 Å². The van der Waals surface area contributed by atoms with E-state index in [1.165, 1.54) is 18.3 Å². The minimum Gasteiger partial charge on any atom is -0.357 e. The molecule has 0 aliphatic heterocycles. The van der Waals surface area contributed by atoms with Gasteiger partial charge in [-0.25, -0.2) is 9.67 Å². The Morgan fingerprint density at radius 2 is 2.05 bits per heavy atom. The number of aryl methyl sites for hydroxylation is 1. The van der Waals surface area contributed by atoms with Crippen LogP contribution in [0.1, 0.15) is 41.2 Å². The molecular formula is C24H21ClF3N7O2. The molecule has 4 rings (SSSR count). The Kier molecular flexibility index (Phi) is 8.19. The summed E-state index contributed by atoms with van der Waals surface area (Å²) in [5.41, 5.74) is 0.133. The van der Waals surface area contributed by atoms with Crippen molar-refractivity contribution in [3.63, 3.8) is 0 Å². The van der Waals surface area contributed by atoms with Crippen LogP contribution in [0.5, 0.6) is 0 Å². The molecule has 0 unspecified atom stereocenters. The third kappa shape index (κ3) is 6.07. The van der Waals surface area contributed by atoms with Crippen molar-refractivity contribution in [1.82, 2.24) is 30.3 Å². The molecule has 3 aromatic heterocycles. The maximum absolute atomic E-state index is 13.3. The summed E-state index contributed by atoms with van der Waals surface area (Å²) in [5.74, 6) is 1.47. The van der Waals surface area contributed by atoms with E-state index in [1.54, 1.807) is 19.2 Å². The van der Waals surface area contributed by atoms with Gasteiger partial charge < -0.3 is 10.6 Å². The van der Waals surface area contributed by atoms with E-state index in [-0.39, 0.29) is 22.6 Å². The van der Waals surface area contributed by atoms with Gasteiger partial charge in [0.05, 0.1) is 22.4 Å². The maximum Gasteiger partial charge on any atom is 0.435 e. The largest absolute Gasteiger partial charge is 0.435 e. The first-order valence-corrected chi connectivity index (χ1v) is 11.1. The summed E-state index contributed by atoms with van der Waals surface area (Å²) in [6.07, 6.45) is 4.38. The highest BCUT2D eigenvalue weighted by atomic mass is 35.5. The molecule has 192 valence electrons. The Morgan fingerprint density at radius 1 is 1.32 bits per heavy atom. The molecule has 13 heteroatoms. The number of halogens is 4. The maximum atomic E-state index is 13.3. The molecule has 37 heavy (non-hydrogen) atoms. The molecule has 3 N–H and O–H groups in total. The Labute approximate surface area is 214 Å². The monoisotopic (exact) mass is 531 g/mol. The quantitative estimate of drug-likeness (QED) is 0.259. The second-order valence-corrected chi connectivity index (χ2v) is 8.34. The highest BCUT2D eigenvalue weighted by Gasteiger charge is 2.36. The first kappa shape index (κ1) is 27.2. The number of rotatable bonds is 5. The van der Waals surface area contributed by atoms with Crippen molar-refractivity contribution in [3.8, 4) is 18.2 Å². The molecule has 0 fully saturated rings. The predicted octanol–water partition coefficient (Wildman–Crippen LogP) is 4.50. The van der Waals surface area contributed by atoms with E-state index in [0.29, 0.717) is 29.1 Å². The van der Waals surface area contributed by atoms with E-state index in [0.717, 1.165) is 10.1 Å². The van der Waals surface area contributed by atoms with Gasteiger partial charge in [-0.15, -0.1) is 6.42 Å². The first-order chi connectivity index (χ1) is 17.5. The summed E-state index contributed by atoms with van der Waals surface area (Å²) < 4.78 is 40.7. The standard InChI is InChI=1S/C20H12ClF3N6O.C4H9NO/c1-3-11-7-12-9-26-28-17(12)10(2)16(11)27-19(31)14-8-15(20(22,23)24)29-30(14)18-13(21)5-4-6-25-18;1-4(2)5-3-6/h1,4-9H,2H3,(H,26,28)(H,27,31);3-4H,1-2H3,(H,5,6). The van der Waals surface area contributed by atoms with E-state index < -0.39 is 23.5 Å². The summed E-state index contributed by atoms with van der Waals surface area (Å²) in [4.78, 5) is 26.5. The number of pyridine rings is 1.